The van der Waals surface area contributed by atoms with E-state index in [4.69, 9.17) is 32.6 Å². The van der Waals surface area contributed by atoms with Crippen LogP contribution in [-0.4, -0.2) is 58.0 Å². The molecule has 2 N–H and O–H groups in total. The number of aromatic amines is 1. The van der Waals surface area contributed by atoms with Gasteiger partial charge in [0.2, 0.25) is 5.95 Å². The Morgan fingerprint density at radius 3 is 2.57 bits per heavy atom. The highest BCUT2D eigenvalue weighted by Crippen LogP contribution is 2.35. The van der Waals surface area contributed by atoms with Crippen LogP contribution in [0.15, 0.2) is 89.7 Å². The summed E-state index contributed by atoms with van der Waals surface area (Å²) in [6.07, 6.45) is 6.77. The minimum absolute atomic E-state index is 0.00265. The molecule has 6 rings (SSSR count). The van der Waals surface area contributed by atoms with Gasteiger partial charge in [0, 0.05) is 44.1 Å². The molecule has 1 amide bonds. The van der Waals surface area contributed by atoms with Crippen molar-refractivity contribution < 1.29 is 9.21 Å². The van der Waals surface area contributed by atoms with Crippen molar-refractivity contribution in [3.05, 3.63) is 118 Å². The van der Waals surface area contributed by atoms with E-state index in [2.05, 4.69) is 40.3 Å². The second kappa shape index (κ2) is 13.5. The monoisotopic (exact) mass is 629 g/mol. The summed E-state index contributed by atoms with van der Waals surface area (Å²) >= 11 is 12.7. The quantitative estimate of drug-likeness (QED) is 0.163. The fourth-order valence-electron chi connectivity index (χ4n) is 6.45. The van der Waals surface area contributed by atoms with Crippen LogP contribution in [-0.2, 0) is 6.42 Å². The SMILES string of the molecule is CCC(c1ccc(Cl)c(Cl)c1)C(N1CCC(Nc2nc3c(Cc4ccoc4)cccc3[nH]2)CC1)N(C)C(=O)c1ccccc1. The summed E-state index contributed by atoms with van der Waals surface area (Å²) in [6.45, 7) is 3.83. The van der Waals surface area contributed by atoms with Gasteiger partial charge >= 0.3 is 0 Å². The number of hydrogen-bond donors (Lipinski definition) is 2. The van der Waals surface area contributed by atoms with E-state index in [1.807, 2.05) is 66.5 Å². The number of furan rings is 1. The predicted molar refractivity (Wildman–Crippen MR) is 178 cm³/mol. The fraction of sp³-hybridized carbons (Fsp3) is 0.314. The summed E-state index contributed by atoms with van der Waals surface area (Å²) < 4.78 is 5.26. The van der Waals surface area contributed by atoms with Gasteiger partial charge in [-0.05, 0) is 72.4 Å². The number of halogens is 2. The lowest BCUT2D eigenvalue weighted by atomic mass is 9.90. The molecule has 2 unspecified atom stereocenters. The van der Waals surface area contributed by atoms with Crippen LogP contribution in [0.5, 0.6) is 0 Å². The van der Waals surface area contributed by atoms with Crippen molar-refractivity contribution in [1.82, 2.24) is 19.8 Å². The third kappa shape index (κ3) is 6.50. The van der Waals surface area contributed by atoms with Crippen LogP contribution in [0.25, 0.3) is 11.0 Å². The molecule has 1 aliphatic rings. The summed E-state index contributed by atoms with van der Waals surface area (Å²) in [6, 6.07) is 23.8. The number of H-pyrrole nitrogens is 1. The van der Waals surface area contributed by atoms with Gasteiger partial charge in [0.25, 0.3) is 5.91 Å². The van der Waals surface area contributed by atoms with Crippen molar-refractivity contribution in [2.75, 3.05) is 25.5 Å². The first-order chi connectivity index (χ1) is 21.4. The highest BCUT2D eigenvalue weighted by Gasteiger charge is 2.36. The summed E-state index contributed by atoms with van der Waals surface area (Å²) in [7, 11) is 1.92. The molecule has 1 saturated heterocycles. The number of para-hydroxylation sites is 1. The molecule has 2 aromatic heterocycles. The second-order valence-corrected chi connectivity index (χ2v) is 12.4. The maximum absolute atomic E-state index is 13.7. The highest BCUT2D eigenvalue weighted by atomic mass is 35.5. The number of rotatable bonds is 10. The van der Waals surface area contributed by atoms with Gasteiger partial charge in [-0.2, -0.15) is 0 Å². The van der Waals surface area contributed by atoms with Crippen molar-refractivity contribution in [2.45, 2.75) is 50.7 Å². The molecule has 44 heavy (non-hydrogen) atoms. The molecule has 0 saturated carbocycles. The van der Waals surface area contributed by atoms with Gasteiger partial charge < -0.3 is 19.6 Å². The number of likely N-dealkylation sites (tertiary alicyclic amines) is 1. The van der Waals surface area contributed by atoms with E-state index in [1.165, 1.54) is 0 Å². The minimum atomic E-state index is -0.150. The lowest BCUT2D eigenvalue weighted by Crippen LogP contribution is -2.55. The Morgan fingerprint density at radius 2 is 1.86 bits per heavy atom. The number of hydrogen-bond acceptors (Lipinski definition) is 5. The number of carbonyl (C=O) groups is 1. The molecule has 0 spiro atoms. The van der Waals surface area contributed by atoms with Crippen molar-refractivity contribution in [2.24, 2.45) is 0 Å². The van der Waals surface area contributed by atoms with Gasteiger partial charge in [-0.3, -0.25) is 9.69 Å². The average molecular weight is 631 g/mol. The molecule has 3 heterocycles. The van der Waals surface area contributed by atoms with Crippen LogP contribution in [0.3, 0.4) is 0 Å². The van der Waals surface area contributed by atoms with Crippen molar-refractivity contribution >= 4 is 46.1 Å². The average Bonchev–Trinajstić information content (AvgIpc) is 3.72. The zero-order valence-electron chi connectivity index (χ0n) is 25.0. The predicted octanol–water partition coefficient (Wildman–Crippen LogP) is 8.22. The molecule has 1 fully saturated rings. The Labute approximate surface area is 268 Å². The molecule has 228 valence electrons. The molecule has 0 bridgehead atoms. The molecule has 0 aliphatic carbocycles. The maximum atomic E-state index is 13.7. The van der Waals surface area contributed by atoms with Crippen molar-refractivity contribution in [1.29, 1.82) is 0 Å². The Kier molecular flexibility index (Phi) is 9.26. The largest absolute Gasteiger partial charge is 0.472 e. The van der Waals surface area contributed by atoms with Gasteiger partial charge in [0.05, 0.1) is 39.8 Å². The molecule has 0 radical (unpaired) electrons. The number of benzene rings is 3. The molecular formula is C35H37Cl2N5O2. The van der Waals surface area contributed by atoms with Crippen molar-refractivity contribution in [3.8, 4) is 0 Å². The van der Waals surface area contributed by atoms with E-state index in [0.29, 0.717) is 15.6 Å². The normalized spacial score (nSPS) is 15.7. The summed E-state index contributed by atoms with van der Waals surface area (Å²) in [4.78, 5) is 26.5. The van der Waals surface area contributed by atoms with Gasteiger partial charge in [-0.15, -0.1) is 0 Å². The van der Waals surface area contributed by atoms with Crippen LogP contribution >= 0.6 is 23.2 Å². The van der Waals surface area contributed by atoms with Crippen LogP contribution in [0.2, 0.25) is 10.0 Å². The van der Waals surface area contributed by atoms with Crippen LogP contribution < -0.4 is 5.32 Å². The van der Waals surface area contributed by atoms with Crippen molar-refractivity contribution in [3.63, 3.8) is 0 Å². The number of imidazole rings is 1. The highest BCUT2D eigenvalue weighted by molar-refractivity contribution is 6.42. The van der Waals surface area contributed by atoms with E-state index < -0.39 is 0 Å². The first-order valence-electron chi connectivity index (χ1n) is 15.2. The number of piperidine rings is 1. The summed E-state index contributed by atoms with van der Waals surface area (Å²) in [5.41, 5.74) is 6.02. The van der Waals surface area contributed by atoms with Crippen LogP contribution in [0, 0.1) is 0 Å². The van der Waals surface area contributed by atoms with E-state index >= 15 is 0 Å². The first-order valence-corrected chi connectivity index (χ1v) is 15.9. The lowest BCUT2D eigenvalue weighted by Gasteiger charge is -2.45. The zero-order chi connectivity index (χ0) is 30.6. The molecule has 2 atom stereocenters. The molecule has 9 heteroatoms. The Hall–Kier alpha value is -3.78. The fourth-order valence-corrected chi connectivity index (χ4v) is 6.76. The number of nitrogens with one attached hydrogen (secondary N) is 2. The number of amides is 1. The van der Waals surface area contributed by atoms with E-state index in [-0.39, 0.29) is 24.0 Å². The zero-order valence-corrected chi connectivity index (χ0v) is 26.5. The number of anilines is 1. The number of carbonyl (C=O) groups excluding carboxylic acids is 1. The smallest absolute Gasteiger partial charge is 0.254 e. The van der Waals surface area contributed by atoms with Gasteiger partial charge in [-0.1, -0.05) is 66.5 Å². The van der Waals surface area contributed by atoms with Crippen LogP contribution in [0.4, 0.5) is 5.95 Å². The number of aromatic nitrogens is 2. The first kappa shape index (κ1) is 30.3. The molecule has 3 aromatic carbocycles. The number of nitrogens with zero attached hydrogens (tertiary/aromatic N) is 3. The number of likely N-dealkylation sites (N-methyl/N-ethyl adjacent to an activating group) is 1. The van der Waals surface area contributed by atoms with Gasteiger partial charge in [0.1, 0.15) is 0 Å². The lowest BCUT2D eigenvalue weighted by molar-refractivity contribution is 0.0201. The van der Waals surface area contributed by atoms with E-state index in [9.17, 15) is 4.79 Å². The maximum Gasteiger partial charge on any atom is 0.254 e. The van der Waals surface area contributed by atoms with E-state index in [0.717, 1.165) is 72.4 Å². The minimum Gasteiger partial charge on any atom is -0.472 e. The van der Waals surface area contributed by atoms with Crippen LogP contribution in [0.1, 0.15) is 59.2 Å². The Morgan fingerprint density at radius 1 is 1.07 bits per heavy atom. The summed E-state index contributed by atoms with van der Waals surface area (Å²) in [5, 5.41) is 4.71. The molecule has 5 aromatic rings. The molecule has 1 aliphatic heterocycles. The van der Waals surface area contributed by atoms with E-state index in [1.54, 1.807) is 12.5 Å². The topological polar surface area (TPSA) is 77.4 Å². The molecular weight excluding hydrogens is 593 g/mol. The summed E-state index contributed by atoms with van der Waals surface area (Å²) in [5.74, 6) is 0.840. The van der Waals surface area contributed by atoms with Gasteiger partial charge in [0.15, 0.2) is 0 Å². The Bertz CT molecular complexity index is 1700. The number of fused-ring (bicyclic) bond motifs is 1. The third-order valence-electron chi connectivity index (χ3n) is 8.72. The second-order valence-electron chi connectivity index (χ2n) is 11.5. The third-order valence-corrected chi connectivity index (χ3v) is 9.46. The Balaban J connectivity index is 1.20. The molecule has 7 nitrogen and oxygen atoms in total. The standard InChI is InChI=1S/C35H37Cl2N5O2/c1-3-28(25-12-13-29(36)30(37)21-25)33(41(2)34(43)24-8-5-4-6-9-24)42-17-14-27(15-18-42)38-35-39-31-11-7-10-26(32(31)40-35)20-23-16-19-44-22-23/h4-13,16,19,21-22,27-28,33H,3,14-15,17-18,20H2,1-2H3,(H2,38,39,40). The van der Waals surface area contributed by atoms with Gasteiger partial charge in [-0.25, -0.2) is 4.98 Å².